The molecular weight excluding hydrogens is 406 g/mol. The van der Waals surface area contributed by atoms with Gasteiger partial charge in [-0.15, -0.1) is 0 Å². The van der Waals surface area contributed by atoms with Crippen molar-refractivity contribution >= 4 is 28.0 Å². The summed E-state index contributed by atoms with van der Waals surface area (Å²) in [7, 11) is -3.81. The summed E-state index contributed by atoms with van der Waals surface area (Å²) in [6.07, 6.45) is 1.93. The monoisotopic (exact) mass is 425 g/mol. The summed E-state index contributed by atoms with van der Waals surface area (Å²) >= 11 is 0. The topological polar surface area (TPSA) is 165 Å². The van der Waals surface area contributed by atoms with Crippen LogP contribution in [-0.4, -0.2) is 25.4 Å². The van der Waals surface area contributed by atoms with Gasteiger partial charge in [0.05, 0.1) is 10.6 Å². The number of hydrogen-bond donors (Lipinski definition) is 4. The molecule has 2 aromatic carbocycles. The van der Waals surface area contributed by atoms with Crippen molar-refractivity contribution in [2.75, 3.05) is 5.32 Å². The van der Waals surface area contributed by atoms with E-state index in [9.17, 15) is 13.2 Å². The summed E-state index contributed by atoms with van der Waals surface area (Å²) in [5.41, 5.74) is 8.25. The van der Waals surface area contributed by atoms with Crippen LogP contribution in [0.4, 0.5) is 6.01 Å². The van der Waals surface area contributed by atoms with E-state index in [4.69, 9.17) is 20.7 Å². The number of nitrogens with two attached hydrogens (primary N) is 2. The lowest BCUT2D eigenvalue weighted by molar-refractivity contribution is 0.111. The van der Waals surface area contributed by atoms with E-state index >= 15 is 0 Å². The van der Waals surface area contributed by atoms with Gasteiger partial charge in [0, 0.05) is 12.0 Å². The van der Waals surface area contributed by atoms with Gasteiger partial charge in [-0.2, -0.15) is 4.98 Å². The average molecular weight is 425 g/mol. The Kier molecular flexibility index (Phi) is 6.09. The van der Waals surface area contributed by atoms with Crippen molar-refractivity contribution in [2.45, 2.75) is 11.3 Å². The number of sulfonamides is 1. The zero-order valence-corrected chi connectivity index (χ0v) is 16.5. The minimum atomic E-state index is -3.81. The Labute approximate surface area is 173 Å². The third kappa shape index (κ3) is 4.99. The third-order valence-electron chi connectivity index (χ3n) is 4.21. The number of benzene rings is 2. The minimum Gasteiger partial charge on any atom is -0.431 e. The van der Waals surface area contributed by atoms with Crippen LogP contribution in [0.2, 0.25) is 0 Å². The Morgan fingerprint density at radius 2 is 1.80 bits per heavy atom. The Morgan fingerprint density at radius 3 is 2.37 bits per heavy atom. The maximum Gasteiger partial charge on any atom is 0.300 e. The Morgan fingerprint density at radius 1 is 1.13 bits per heavy atom. The molecule has 0 aliphatic heterocycles. The molecule has 0 saturated heterocycles. The first-order valence-electron chi connectivity index (χ1n) is 8.70. The summed E-state index contributed by atoms with van der Waals surface area (Å²) < 4.78 is 28.1. The molecule has 1 heterocycles. The third-order valence-corrected chi connectivity index (χ3v) is 5.14. The van der Waals surface area contributed by atoms with Crippen molar-refractivity contribution in [3.8, 4) is 0 Å². The number of primary sulfonamides is 1. The van der Waals surface area contributed by atoms with E-state index in [0.717, 1.165) is 0 Å². The van der Waals surface area contributed by atoms with Crippen LogP contribution >= 0.6 is 0 Å². The smallest absolute Gasteiger partial charge is 0.300 e. The molecule has 10 heteroatoms. The lowest BCUT2D eigenvalue weighted by atomic mass is 9.96. The number of rotatable bonds is 8. The zero-order chi connectivity index (χ0) is 21.7. The lowest BCUT2D eigenvalue weighted by Gasteiger charge is -2.14. The second-order valence-electron chi connectivity index (χ2n) is 6.32. The van der Waals surface area contributed by atoms with Crippen molar-refractivity contribution in [1.82, 2.24) is 4.98 Å². The second kappa shape index (κ2) is 8.72. The molecule has 154 valence electrons. The van der Waals surface area contributed by atoms with Gasteiger partial charge >= 0.3 is 6.01 Å². The molecule has 0 amide bonds. The van der Waals surface area contributed by atoms with Crippen molar-refractivity contribution in [1.29, 1.82) is 5.41 Å². The van der Waals surface area contributed by atoms with Gasteiger partial charge in [0.25, 0.3) is 0 Å². The van der Waals surface area contributed by atoms with Crippen molar-refractivity contribution in [3.05, 3.63) is 89.1 Å². The van der Waals surface area contributed by atoms with Crippen LogP contribution in [0.5, 0.6) is 0 Å². The largest absolute Gasteiger partial charge is 0.431 e. The van der Waals surface area contributed by atoms with Crippen LogP contribution in [0.25, 0.3) is 0 Å². The molecule has 1 aromatic heterocycles. The zero-order valence-electron chi connectivity index (χ0n) is 15.7. The molecule has 30 heavy (non-hydrogen) atoms. The summed E-state index contributed by atoms with van der Waals surface area (Å²) in [6.45, 7) is 0. The predicted molar refractivity (Wildman–Crippen MR) is 112 cm³/mol. The highest BCUT2D eigenvalue weighted by Gasteiger charge is 2.16. The van der Waals surface area contributed by atoms with Crippen LogP contribution in [0.15, 0.2) is 81.6 Å². The number of oxazole rings is 1. The number of aldehydes is 1. The highest BCUT2D eigenvalue weighted by atomic mass is 32.2. The van der Waals surface area contributed by atoms with E-state index in [1.807, 2.05) is 6.07 Å². The fourth-order valence-corrected chi connectivity index (χ4v) is 3.20. The first-order chi connectivity index (χ1) is 14.3. The van der Waals surface area contributed by atoms with E-state index in [0.29, 0.717) is 23.0 Å². The molecule has 0 aliphatic rings. The predicted octanol–water partition coefficient (Wildman–Crippen LogP) is 2.03. The van der Waals surface area contributed by atoms with Crippen molar-refractivity contribution in [2.24, 2.45) is 10.9 Å². The number of anilines is 1. The molecule has 0 atom stereocenters. The quantitative estimate of drug-likeness (QED) is 0.316. The molecule has 0 aliphatic carbocycles. The van der Waals surface area contributed by atoms with Crippen LogP contribution < -0.4 is 16.2 Å². The molecule has 0 spiro atoms. The van der Waals surface area contributed by atoms with Crippen LogP contribution in [0.1, 0.15) is 21.6 Å². The first-order valence-corrected chi connectivity index (χ1v) is 10.2. The van der Waals surface area contributed by atoms with E-state index in [-0.39, 0.29) is 34.6 Å². The van der Waals surface area contributed by atoms with Gasteiger partial charge in [-0.25, -0.2) is 13.6 Å². The fourth-order valence-electron chi connectivity index (χ4n) is 2.69. The van der Waals surface area contributed by atoms with Gasteiger partial charge in [0.15, 0.2) is 6.29 Å². The Hall–Kier alpha value is -3.76. The summed E-state index contributed by atoms with van der Waals surface area (Å²) in [6, 6.07) is 15.0. The van der Waals surface area contributed by atoms with Gasteiger partial charge < -0.3 is 10.2 Å². The highest BCUT2D eigenvalue weighted by molar-refractivity contribution is 7.89. The standard InChI is InChI=1S/C20H19N5O4S/c21-18(14-4-2-1-3-5-14)17(19(22)25-20-24-15(11-26)12-29-20)10-13-6-8-16(9-7-13)30(23,27)28/h1-9,11-12,21H,10,22H2,(H,24,25)(H2,23,27,28)/b19-17-,21-18?. The normalized spacial score (nSPS) is 12.2. The molecule has 9 nitrogen and oxygen atoms in total. The summed E-state index contributed by atoms with van der Waals surface area (Å²) in [5, 5.41) is 16.5. The van der Waals surface area contributed by atoms with E-state index in [2.05, 4.69) is 10.3 Å². The Balaban J connectivity index is 1.96. The SMILES string of the molecule is N=C(/C(Cc1ccc(S(N)(=O)=O)cc1)=C(/N)Nc1nc(C=O)co1)c1ccccc1. The lowest BCUT2D eigenvalue weighted by Crippen LogP contribution is -2.20. The average Bonchev–Trinajstić information content (AvgIpc) is 3.19. The number of aromatic nitrogens is 1. The maximum atomic E-state index is 11.5. The van der Waals surface area contributed by atoms with Gasteiger partial charge in [-0.3, -0.25) is 15.5 Å². The van der Waals surface area contributed by atoms with E-state index in [1.165, 1.54) is 18.4 Å². The second-order valence-corrected chi connectivity index (χ2v) is 7.88. The molecule has 3 rings (SSSR count). The molecule has 0 saturated carbocycles. The number of allylic oxidation sites excluding steroid dienone is 1. The molecule has 0 fully saturated rings. The number of nitrogens with zero attached hydrogens (tertiary/aromatic N) is 1. The number of carbonyl (C=O) groups excluding carboxylic acids is 1. The molecule has 0 radical (unpaired) electrons. The first kappa shape index (κ1) is 21.0. The molecule has 3 aromatic rings. The van der Waals surface area contributed by atoms with Crippen molar-refractivity contribution < 1.29 is 17.6 Å². The van der Waals surface area contributed by atoms with Gasteiger partial charge in [0.1, 0.15) is 17.8 Å². The van der Waals surface area contributed by atoms with Crippen LogP contribution in [-0.2, 0) is 16.4 Å². The number of carbonyl (C=O) groups is 1. The van der Waals surface area contributed by atoms with Crippen LogP contribution in [0, 0.1) is 5.41 Å². The molecular formula is C20H19N5O4S. The van der Waals surface area contributed by atoms with Crippen molar-refractivity contribution in [3.63, 3.8) is 0 Å². The molecule has 0 bridgehead atoms. The van der Waals surface area contributed by atoms with Gasteiger partial charge in [0.2, 0.25) is 10.0 Å². The van der Waals surface area contributed by atoms with Gasteiger partial charge in [-0.05, 0) is 23.3 Å². The molecule has 0 unspecified atom stereocenters. The highest BCUT2D eigenvalue weighted by Crippen LogP contribution is 2.19. The Bertz CT molecular complexity index is 1200. The summed E-state index contributed by atoms with van der Waals surface area (Å²) in [5.74, 6) is 0.110. The van der Waals surface area contributed by atoms with E-state index in [1.54, 1.807) is 36.4 Å². The summed E-state index contributed by atoms with van der Waals surface area (Å²) in [4.78, 5) is 14.7. The molecule has 6 N–H and O–H groups in total. The fraction of sp³-hybridized carbons (Fsp3) is 0.0500. The minimum absolute atomic E-state index is 0.0116. The van der Waals surface area contributed by atoms with E-state index < -0.39 is 10.0 Å². The maximum absolute atomic E-state index is 11.5. The van der Waals surface area contributed by atoms with Crippen LogP contribution in [0.3, 0.4) is 0 Å². The number of nitrogens with one attached hydrogen (secondary N) is 2. The number of hydrogen-bond acceptors (Lipinski definition) is 8. The van der Waals surface area contributed by atoms with Gasteiger partial charge in [-0.1, -0.05) is 42.5 Å².